The first-order valence-corrected chi connectivity index (χ1v) is 8.18. The second kappa shape index (κ2) is 7.07. The molecule has 1 aliphatic carbocycles. The number of aryl methyl sites for hydroxylation is 1. The van der Waals surface area contributed by atoms with Crippen LogP contribution in [0, 0.1) is 13.8 Å². The molecule has 0 aromatic heterocycles. The summed E-state index contributed by atoms with van der Waals surface area (Å²) in [6.45, 7) is 7.48. The lowest BCUT2D eigenvalue weighted by molar-refractivity contribution is 0.255. The third-order valence-corrected chi connectivity index (χ3v) is 4.80. The van der Waals surface area contributed by atoms with Crippen LogP contribution in [0.1, 0.15) is 50.2 Å². The van der Waals surface area contributed by atoms with E-state index in [2.05, 4.69) is 49.2 Å². The Hall–Kier alpha value is -1.09. The van der Waals surface area contributed by atoms with Crippen molar-refractivity contribution in [2.75, 3.05) is 11.9 Å². The average Bonchev–Trinajstić information content (AvgIpc) is 2.46. The number of benzene rings is 1. The fraction of sp³-hybridized carbons (Fsp3) is 0.588. The second-order valence-corrected chi connectivity index (χ2v) is 6.14. The number of nitrogens with zero attached hydrogens (tertiary/aromatic N) is 1. The van der Waals surface area contributed by atoms with Gasteiger partial charge < -0.3 is 10.2 Å². The van der Waals surface area contributed by atoms with Crippen LogP contribution in [0.15, 0.2) is 18.2 Å². The quantitative estimate of drug-likeness (QED) is 0.815. The fourth-order valence-corrected chi connectivity index (χ4v) is 3.42. The van der Waals surface area contributed by atoms with Gasteiger partial charge in [0.2, 0.25) is 0 Å². The summed E-state index contributed by atoms with van der Waals surface area (Å²) in [6.07, 6.45) is 6.62. The largest absolute Gasteiger partial charge is 0.346 e. The lowest BCUT2D eigenvalue weighted by atomic mass is 9.94. The molecule has 3 heteroatoms. The standard InChI is InChI=1S/C17H26N2S/c1-4-19(15-10-6-5-7-11-15)17(20)18-16-12-8-9-13(2)14(16)3/h8-9,12,15H,4-7,10-11H2,1-3H3,(H,18,20). The van der Waals surface area contributed by atoms with Gasteiger partial charge in [0.15, 0.2) is 5.11 Å². The highest BCUT2D eigenvalue weighted by molar-refractivity contribution is 7.80. The molecule has 2 rings (SSSR count). The third-order valence-electron chi connectivity index (χ3n) is 4.46. The highest BCUT2D eigenvalue weighted by Crippen LogP contribution is 2.24. The minimum Gasteiger partial charge on any atom is -0.346 e. The molecule has 2 nitrogen and oxygen atoms in total. The van der Waals surface area contributed by atoms with Crippen LogP contribution >= 0.6 is 12.2 Å². The monoisotopic (exact) mass is 290 g/mol. The van der Waals surface area contributed by atoms with Crippen LogP contribution in [0.4, 0.5) is 5.69 Å². The van der Waals surface area contributed by atoms with E-state index in [1.807, 2.05) is 0 Å². The van der Waals surface area contributed by atoms with Gasteiger partial charge >= 0.3 is 0 Å². The van der Waals surface area contributed by atoms with Crippen molar-refractivity contribution in [1.82, 2.24) is 4.90 Å². The third kappa shape index (κ3) is 3.51. The number of anilines is 1. The predicted molar refractivity (Wildman–Crippen MR) is 91.4 cm³/mol. The van der Waals surface area contributed by atoms with E-state index < -0.39 is 0 Å². The van der Waals surface area contributed by atoms with Gasteiger partial charge in [0.25, 0.3) is 0 Å². The number of rotatable bonds is 3. The second-order valence-electron chi connectivity index (χ2n) is 5.76. The van der Waals surface area contributed by atoms with Crippen LogP contribution in [0.2, 0.25) is 0 Å². The van der Waals surface area contributed by atoms with E-state index in [9.17, 15) is 0 Å². The summed E-state index contributed by atoms with van der Waals surface area (Å²) in [5.74, 6) is 0. The van der Waals surface area contributed by atoms with E-state index >= 15 is 0 Å². The van der Waals surface area contributed by atoms with E-state index in [1.165, 1.54) is 43.2 Å². The van der Waals surface area contributed by atoms with E-state index in [4.69, 9.17) is 12.2 Å². The van der Waals surface area contributed by atoms with Gasteiger partial charge in [-0.15, -0.1) is 0 Å². The molecule has 0 bridgehead atoms. The zero-order valence-corrected chi connectivity index (χ0v) is 13.7. The molecule has 0 radical (unpaired) electrons. The maximum atomic E-state index is 5.66. The molecular formula is C17H26N2S. The van der Waals surface area contributed by atoms with E-state index in [1.54, 1.807) is 0 Å². The molecule has 0 heterocycles. The molecule has 0 atom stereocenters. The SMILES string of the molecule is CCN(C(=S)Nc1cccc(C)c1C)C1CCCCC1. The maximum absolute atomic E-state index is 5.66. The molecule has 0 spiro atoms. The van der Waals surface area contributed by atoms with Crippen molar-refractivity contribution in [2.45, 2.75) is 58.9 Å². The number of nitrogens with one attached hydrogen (secondary N) is 1. The Bertz CT molecular complexity index is 464. The average molecular weight is 290 g/mol. The zero-order chi connectivity index (χ0) is 14.5. The van der Waals surface area contributed by atoms with Gasteiger partial charge in [-0.05, 0) is 63.0 Å². The lowest BCUT2D eigenvalue weighted by Crippen LogP contribution is -2.43. The molecule has 1 N–H and O–H groups in total. The molecule has 1 aromatic carbocycles. The molecule has 1 aliphatic rings. The highest BCUT2D eigenvalue weighted by Gasteiger charge is 2.22. The van der Waals surface area contributed by atoms with Crippen LogP contribution in [0.3, 0.4) is 0 Å². The van der Waals surface area contributed by atoms with Gasteiger partial charge in [-0.1, -0.05) is 31.4 Å². The van der Waals surface area contributed by atoms with Crippen LogP contribution in [-0.4, -0.2) is 22.6 Å². The molecule has 1 fully saturated rings. The molecule has 1 saturated carbocycles. The molecule has 0 unspecified atom stereocenters. The van der Waals surface area contributed by atoms with Gasteiger partial charge in [-0.25, -0.2) is 0 Å². The van der Waals surface area contributed by atoms with Crippen molar-refractivity contribution < 1.29 is 0 Å². The van der Waals surface area contributed by atoms with Crippen LogP contribution in [-0.2, 0) is 0 Å². The smallest absolute Gasteiger partial charge is 0.173 e. The first-order valence-electron chi connectivity index (χ1n) is 7.77. The minimum absolute atomic E-state index is 0.624. The summed E-state index contributed by atoms with van der Waals surface area (Å²) < 4.78 is 0. The number of hydrogen-bond acceptors (Lipinski definition) is 1. The Labute approximate surface area is 128 Å². The molecule has 110 valence electrons. The van der Waals surface area contributed by atoms with E-state index in [0.29, 0.717) is 6.04 Å². The first-order chi connectivity index (χ1) is 9.63. The normalized spacial score (nSPS) is 15.9. The fourth-order valence-electron chi connectivity index (χ4n) is 3.03. The topological polar surface area (TPSA) is 15.3 Å². The van der Waals surface area contributed by atoms with Gasteiger partial charge in [-0.3, -0.25) is 0 Å². The van der Waals surface area contributed by atoms with Gasteiger partial charge in [0, 0.05) is 18.3 Å². The van der Waals surface area contributed by atoms with Crippen LogP contribution < -0.4 is 5.32 Å². The first kappa shape index (κ1) is 15.3. The minimum atomic E-state index is 0.624. The van der Waals surface area contributed by atoms with Crippen LogP contribution in [0.25, 0.3) is 0 Å². The summed E-state index contributed by atoms with van der Waals surface area (Å²) >= 11 is 5.66. The van der Waals surface area contributed by atoms with Crippen molar-refractivity contribution >= 4 is 23.0 Å². The highest BCUT2D eigenvalue weighted by atomic mass is 32.1. The zero-order valence-electron chi connectivity index (χ0n) is 12.9. The predicted octanol–water partition coefficient (Wildman–Crippen LogP) is 4.65. The summed E-state index contributed by atoms with van der Waals surface area (Å²) in [6, 6.07) is 6.97. The van der Waals surface area contributed by atoms with E-state index in [-0.39, 0.29) is 0 Å². The molecule has 0 aliphatic heterocycles. The summed E-state index contributed by atoms with van der Waals surface area (Å²) in [4.78, 5) is 2.37. The van der Waals surface area contributed by atoms with Gasteiger partial charge in [-0.2, -0.15) is 0 Å². The number of thiocarbonyl (C=S) groups is 1. The Balaban J connectivity index is 2.07. The van der Waals surface area contributed by atoms with Crippen molar-refractivity contribution in [2.24, 2.45) is 0 Å². The van der Waals surface area contributed by atoms with Crippen molar-refractivity contribution in [3.8, 4) is 0 Å². The lowest BCUT2D eigenvalue weighted by Gasteiger charge is -2.35. The Morgan fingerprint density at radius 1 is 1.25 bits per heavy atom. The van der Waals surface area contributed by atoms with Crippen molar-refractivity contribution in [1.29, 1.82) is 0 Å². The van der Waals surface area contributed by atoms with Gasteiger partial charge in [0.05, 0.1) is 0 Å². The summed E-state index contributed by atoms with van der Waals surface area (Å²) in [5.41, 5.74) is 3.73. The molecule has 0 amide bonds. The Morgan fingerprint density at radius 3 is 2.60 bits per heavy atom. The van der Waals surface area contributed by atoms with Crippen molar-refractivity contribution in [3.63, 3.8) is 0 Å². The number of hydrogen-bond donors (Lipinski definition) is 1. The molecule has 20 heavy (non-hydrogen) atoms. The maximum Gasteiger partial charge on any atom is 0.173 e. The summed E-state index contributed by atoms with van der Waals surface area (Å²) in [7, 11) is 0. The van der Waals surface area contributed by atoms with Crippen LogP contribution in [0.5, 0.6) is 0 Å². The molecule has 0 saturated heterocycles. The molecule has 1 aromatic rings. The van der Waals surface area contributed by atoms with Crippen molar-refractivity contribution in [3.05, 3.63) is 29.3 Å². The van der Waals surface area contributed by atoms with E-state index in [0.717, 1.165) is 17.3 Å². The van der Waals surface area contributed by atoms with Gasteiger partial charge in [0.1, 0.15) is 0 Å². The molecular weight excluding hydrogens is 264 g/mol. The Kier molecular flexibility index (Phi) is 5.41. The Morgan fingerprint density at radius 2 is 1.95 bits per heavy atom. The summed E-state index contributed by atoms with van der Waals surface area (Å²) in [5, 5.41) is 4.34.